The van der Waals surface area contributed by atoms with Crippen LogP contribution in [0.1, 0.15) is 16.1 Å². The van der Waals surface area contributed by atoms with E-state index in [1.165, 1.54) is 12.3 Å². The van der Waals surface area contributed by atoms with Gasteiger partial charge in [0.2, 0.25) is 5.91 Å². The predicted molar refractivity (Wildman–Crippen MR) is 108 cm³/mol. The van der Waals surface area contributed by atoms with Gasteiger partial charge in [-0.2, -0.15) is 0 Å². The Morgan fingerprint density at radius 2 is 1.62 bits per heavy atom. The van der Waals surface area contributed by atoms with Crippen LogP contribution in [0.3, 0.4) is 0 Å². The van der Waals surface area contributed by atoms with Gasteiger partial charge in [-0.1, -0.05) is 36.4 Å². The van der Waals surface area contributed by atoms with Gasteiger partial charge in [0.15, 0.2) is 5.76 Å². The minimum Gasteiger partial charge on any atom is -0.459 e. The Kier molecular flexibility index (Phi) is 6.26. The van der Waals surface area contributed by atoms with E-state index in [0.29, 0.717) is 17.8 Å². The SMILES string of the molecule is NC(=O)Nc1cccc(NC(=O)C(Cc2ccccc2)NC(=O)c2ccco2)c1. The number of nitrogens with two attached hydrogens (primary N) is 1. The third-order valence-electron chi connectivity index (χ3n) is 4.05. The molecule has 0 bridgehead atoms. The smallest absolute Gasteiger partial charge is 0.316 e. The van der Waals surface area contributed by atoms with Crippen LogP contribution < -0.4 is 21.7 Å². The highest BCUT2D eigenvalue weighted by Crippen LogP contribution is 2.16. The third kappa shape index (κ3) is 5.70. The molecule has 0 aliphatic carbocycles. The lowest BCUT2D eigenvalue weighted by Crippen LogP contribution is -2.45. The van der Waals surface area contributed by atoms with E-state index in [0.717, 1.165) is 5.56 Å². The second kappa shape index (κ2) is 9.23. The van der Waals surface area contributed by atoms with E-state index in [-0.39, 0.29) is 5.76 Å². The van der Waals surface area contributed by atoms with E-state index in [9.17, 15) is 14.4 Å². The van der Waals surface area contributed by atoms with Gasteiger partial charge in [-0.15, -0.1) is 0 Å². The van der Waals surface area contributed by atoms with Crippen molar-refractivity contribution in [1.82, 2.24) is 5.32 Å². The monoisotopic (exact) mass is 392 g/mol. The van der Waals surface area contributed by atoms with Crippen LogP contribution in [0.15, 0.2) is 77.4 Å². The Morgan fingerprint density at radius 3 is 2.28 bits per heavy atom. The summed E-state index contributed by atoms with van der Waals surface area (Å²) in [7, 11) is 0. The fraction of sp³-hybridized carbons (Fsp3) is 0.0952. The third-order valence-corrected chi connectivity index (χ3v) is 4.05. The van der Waals surface area contributed by atoms with Crippen molar-refractivity contribution in [2.45, 2.75) is 12.5 Å². The second-order valence-corrected chi connectivity index (χ2v) is 6.25. The van der Waals surface area contributed by atoms with E-state index in [1.54, 1.807) is 30.3 Å². The number of benzene rings is 2. The maximum absolute atomic E-state index is 12.9. The molecule has 29 heavy (non-hydrogen) atoms. The van der Waals surface area contributed by atoms with Crippen molar-refractivity contribution in [3.05, 3.63) is 84.3 Å². The van der Waals surface area contributed by atoms with Crippen molar-refractivity contribution in [3.8, 4) is 0 Å². The molecule has 4 amide bonds. The molecule has 0 aliphatic heterocycles. The largest absolute Gasteiger partial charge is 0.459 e. The highest BCUT2D eigenvalue weighted by atomic mass is 16.3. The Labute approximate surface area is 167 Å². The lowest BCUT2D eigenvalue weighted by Gasteiger charge is -2.18. The highest BCUT2D eigenvalue weighted by molar-refractivity contribution is 6.00. The number of primary amides is 1. The minimum absolute atomic E-state index is 0.114. The number of urea groups is 1. The predicted octanol–water partition coefficient (Wildman–Crippen LogP) is 2.75. The average molecular weight is 392 g/mol. The van der Waals surface area contributed by atoms with Gasteiger partial charge in [-0.05, 0) is 35.9 Å². The molecule has 148 valence electrons. The molecular weight excluding hydrogens is 372 g/mol. The number of anilines is 2. The lowest BCUT2D eigenvalue weighted by atomic mass is 10.0. The molecule has 3 aromatic rings. The second-order valence-electron chi connectivity index (χ2n) is 6.25. The average Bonchev–Trinajstić information content (AvgIpc) is 3.23. The molecule has 8 nitrogen and oxygen atoms in total. The molecule has 0 aliphatic rings. The van der Waals surface area contributed by atoms with Crippen LogP contribution in [-0.2, 0) is 11.2 Å². The van der Waals surface area contributed by atoms with Gasteiger partial charge in [0.1, 0.15) is 6.04 Å². The van der Waals surface area contributed by atoms with Gasteiger partial charge in [-0.25, -0.2) is 4.79 Å². The maximum atomic E-state index is 12.9. The first-order valence-electron chi connectivity index (χ1n) is 8.87. The molecule has 3 rings (SSSR count). The molecule has 1 atom stereocenters. The molecule has 0 saturated carbocycles. The van der Waals surface area contributed by atoms with Crippen LogP contribution in [0, 0.1) is 0 Å². The summed E-state index contributed by atoms with van der Waals surface area (Å²) in [5.41, 5.74) is 6.89. The number of hydrogen-bond donors (Lipinski definition) is 4. The van der Waals surface area contributed by atoms with E-state index < -0.39 is 23.9 Å². The van der Waals surface area contributed by atoms with Crippen LogP contribution >= 0.6 is 0 Å². The van der Waals surface area contributed by atoms with E-state index in [4.69, 9.17) is 10.2 Å². The number of nitrogens with one attached hydrogen (secondary N) is 3. The van der Waals surface area contributed by atoms with Crippen LogP contribution in [0.4, 0.5) is 16.2 Å². The van der Waals surface area contributed by atoms with Crippen molar-refractivity contribution in [3.63, 3.8) is 0 Å². The molecular formula is C21H20N4O4. The zero-order valence-electron chi connectivity index (χ0n) is 15.4. The van der Waals surface area contributed by atoms with Crippen molar-refractivity contribution in [1.29, 1.82) is 0 Å². The van der Waals surface area contributed by atoms with E-state index >= 15 is 0 Å². The minimum atomic E-state index is -0.845. The summed E-state index contributed by atoms with van der Waals surface area (Å²) >= 11 is 0. The topological polar surface area (TPSA) is 126 Å². The van der Waals surface area contributed by atoms with Gasteiger partial charge in [0, 0.05) is 17.8 Å². The van der Waals surface area contributed by atoms with E-state index in [2.05, 4.69) is 16.0 Å². The number of furan rings is 1. The molecule has 2 aromatic carbocycles. The maximum Gasteiger partial charge on any atom is 0.316 e. The van der Waals surface area contributed by atoms with Gasteiger partial charge in [0.05, 0.1) is 6.26 Å². The van der Waals surface area contributed by atoms with Crippen molar-refractivity contribution >= 4 is 29.2 Å². The lowest BCUT2D eigenvalue weighted by molar-refractivity contribution is -0.118. The van der Waals surface area contributed by atoms with Crippen LogP contribution in [0.5, 0.6) is 0 Å². The first-order valence-corrected chi connectivity index (χ1v) is 8.87. The summed E-state index contributed by atoms with van der Waals surface area (Å²) < 4.78 is 5.10. The fourth-order valence-corrected chi connectivity index (χ4v) is 2.74. The molecule has 0 spiro atoms. The van der Waals surface area contributed by atoms with Gasteiger partial charge >= 0.3 is 6.03 Å². The number of amides is 4. The normalized spacial score (nSPS) is 11.3. The van der Waals surface area contributed by atoms with Crippen LogP contribution in [0.25, 0.3) is 0 Å². The van der Waals surface area contributed by atoms with Gasteiger partial charge in [-0.3, -0.25) is 9.59 Å². The summed E-state index contributed by atoms with van der Waals surface area (Å²) in [5.74, 6) is -0.788. The quantitative estimate of drug-likeness (QED) is 0.493. The molecule has 1 heterocycles. The molecule has 0 saturated heterocycles. The molecule has 0 radical (unpaired) electrons. The Bertz CT molecular complexity index is 987. The summed E-state index contributed by atoms with van der Waals surface area (Å²) in [5, 5.41) is 7.89. The molecule has 1 unspecified atom stereocenters. The number of rotatable bonds is 7. The zero-order valence-corrected chi connectivity index (χ0v) is 15.4. The van der Waals surface area contributed by atoms with Crippen molar-refractivity contribution < 1.29 is 18.8 Å². The Hall–Kier alpha value is -4.07. The standard InChI is InChI=1S/C21H20N4O4/c22-21(28)24-16-9-4-8-15(13-16)23-19(26)17(12-14-6-2-1-3-7-14)25-20(27)18-10-5-11-29-18/h1-11,13,17H,12H2,(H,23,26)(H,25,27)(H3,22,24,28). The van der Waals surface area contributed by atoms with Crippen molar-refractivity contribution in [2.24, 2.45) is 5.73 Å². The molecule has 8 heteroatoms. The molecule has 5 N–H and O–H groups in total. The van der Waals surface area contributed by atoms with Gasteiger partial charge in [0.25, 0.3) is 5.91 Å². The van der Waals surface area contributed by atoms with Crippen LogP contribution in [0.2, 0.25) is 0 Å². The highest BCUT2D eigenvalue weighted by Gasteiger charge is 2.23. The molecule has 0 fully saturated rings. The zero-order chi connectivity index (χ0) is 20.6. The number of hydrogen-bond acceptors (Lipinski definition) is 4. The first kappa shape index (κ1) is 19.7. The summed E-state index contributed by atoms with van der Waals surface area (Å²) in [6.45, 7) is 0. The van der Waals surface area contributed by atoms with Gasteiger partial charge < -0.3 is 26.1 Å². The first-order chi connectivity index (χ1) is 14.0. The fourth-order valence-electron chi connectivity index (χ4n) is 2.74. The Balaban J connectivity index is 1.76. The summed E-state index contributed by atoms with van der Waals surface area (Å²) in [6, 6.07) is 17.4. The summed E-state index contributed by atoms with van der Waals surface area (Å²) in [4.78, 5) is 36.3. The Morgan fingerprint density at radius 1 is 0.897 bits per heavy atom. The molecule has 1 aromatic heterocycles. The van der Waals surface area contributed by atoms with Crippen LogP contribution in [-0.4, -0.2) is 23.9 Å². The number of carbonyl (C=O) groups excluding carboxylic acids is 3. The summed E-state index contributed by atoms with van der Waals surface area (Å²) in [6.07, 6.45) is 1.68. The number of carbonyl (C=O) groups is 3. The van der Waals surface area contributed by atoms with E-state index in [1.807, 2.05) is 30.3 Å². The van der Waals surface area contributed by atoms with Crippen molar-refractivity contribution in [2.75, 3.05) is 10.6 Å².